The normalized spacial score (nSPS) is 27.7. The molecule has 1 aromatic carbocycles. The van der Waals surface area contributed by atoms with Crippen molar-refractivity contribution >= 4 is 12.0 Å². The first kappa shape index (κ1) is 27.0. The van der Waals surface area contributed by atoms with Gasteiger partial charge in [-0.1, -0.05) is 39.0 Å². The van der Waals surface area contributed by atoms with Crippen molar-refractivity contribution in [1.29, 1.82) is 0 Å². The maximum atomic E-state index is 13.9. The van der Waals surface area contributed by atoms with Gasteiger partial charge in [-0.2, -0.15) is 0 Å². The standard InChI is InChI=1S/C26H37NO8/c1-15(2)20-14-34-25(29)27(20)24(28)23(26(32-8)12-16(3)17(4)18(5)35-26)33-13-19-9-10-21(30-6)22(11-19)31-7/h9-11,15,17-18,20,23H,3,12-14H2,1-2,4-8H3/t17-,18-,20-,23-,26-/m1/s1. The van der Waals surface area contributed by atoms with Gasteiger partial charge in [0.2, 0.25) is 5.79 Å². The SMILES string of the molecule is C=C1C[C@](OC)([C@H](OCc2ccc(OC)c(OC)c2)C(=O)N2C(=O)OC[C@@H]2C(C)C)O[C@H](C)[C@@H]1C. The van der Waals surface area contributed by atoms with E-state index in [1.807, 2.05) is 33.8 Å². The molecule has 9 nitrogen and oxygen atoms in total. The summed E-state index contributed by atoms with van der Waals surface area (Å²) in [7, 11) is 4.57. The Hall–Kier alpha value is -2.62. The third kappa shape index (κ3) is 5.32. The number of rotatable bonds is 9. The summed E-state index contributed by atoms with van der Waals surface area (Å²) in [6.45, 7) is 12.1. The molecular weight excluding hydrogens is 454 g/mol. The van der Waals surface area contributed by atoms with Crippen molar-refractivity contribution in [3.8, 4) is 11.5 Å². The molecule has 0 spiro atoms. The van der Waals surface area contributed by atoms with Crippen LogP contribution in [0.2, 0.25) is 0 Å². The van der Waals surface area contributed by atoms with Gasteiger partial charge in [-0.05, 0) is 30.5 Å². The quantitative estimate of drug-likeness (QED) is 0.480. The second-order valence-electron chi connectivity index (χ2n) is 9.44. The van der Waals surface area contributed by atoms with Crippen molar-refractivity contribution in [3.05, 3.63) is 35.9 Å². The average molecular weight is 492 g/mol. The summed E-state index contributed by atoms with van der Waals surface area (Å²) in [5.74, 6) is -0.849. The van der Waals surface area contributed by atoms with E-state index in [1.54, 1.807) is 26.4 Å². The van der Waals surface area contributed by atoms with Gasteiger partial charge >= 0.3 is 6.09 Å². The summed E-state index contributed by atoms with van der Waals surface area (Å²) in [5, 5.41) is 0. The Kier molecular flexibility index (Phi) is 8.46. The maximum absolute atomic E-state index is 13.9. The highest BCUT2D eigenvalue weighted by Gasteiger charge is 2.55. The Labute approximate surface area is 207 Å². The van der Waals surface area contributed by atoms with Crippen LogP contribution in [-0.2, 0) is 30.3 Å². The van der Waals surface area contributed by atoms with Crippen LogP contribution in [0.25, 0.3) is 0 Å². The van der Waals surface area contributed by atoms with Crippen LogP contribution >= 0.6 is 0 Å². The fraction of sp³-hybridized carbons (Fsp3) is 0.615. The molecule has 0 bridgehead atoms. The number of hydrogen-bond acceptors (Lipinski definition) is 8. The van der Waals surface area contributed by atoms with Crippen molar-refractivity contribution in [3.63, 3.8) is 0 Å². The van der Waals surface area contributed by atoms with Crippen molar-refractivity contribution < 1.29 is 38.0 Å². The van der Waals surface area contributed by atoms with Crippen LogP contribution in [0.15, 0.2) is 30.4 Å². The van der Waals surface area contributed by atoms with Crippen LogP contribution in [0.5, 0.6) is 11.5 Å². The molecule has 5 atom stereocenters. The van der Waals surface area contributed by atoms with E-state index in [0.29, 0.717) is 11.5 Å². The Balaban J connectivity index is 1.97. The first-order valence-electron chi connectivity index (χ1n) is 11.8. The summed E-state index contributed by atoms with van der Waals surface area (Å²) < 4.78 is 34.3. The molecule has 0 saturated carbocycles. The van der Waals surface area contributed by atoms with E-state index in [-0.39, 0.29) is 37.6 Å². The molecular formula is C26H37NO8. The molecule has 3 rings (SSSR count). The molecule has 2 aliphatic heterocycles. The number of benzene rings is 1. The molecule has 0 N–H and O–H groups in total. The molecule has 0 aromatic heterocycles. The molecule has 1 aromatic rings. The number of carbonyl (C=O) groups is 2. The van der Waals surface area contributed by atoms with Gasteiger partial charge in [0.05, 0.1) is 33.0 Å². The highest BCUT2D eigenvalue weighted by Crippen LogP contribution is 2.41. The predicted octanol–water partition coefficient (Wildman–Crippen LogP) is 3.94. The van der Waals surface area contributed by atoms with E-state index in [0.717, 1.165) is 16.0 Å². The molecule has 2 aliphatic rings. The third-order valence-electron chi connectivity index (χ3n) is 6.95. The smallest absolute Gasteiger partial charge is 0.417 e. The number of methoxy groups -OCH3 is 3. The summed E-state index contributed by atoms with van der Waals surface area (Å²) in [5.41, 5.74) is 1.62. The summed E-state index contributed by atoms with van der Waals surface area (Å²) >= 11 is 0. The van der Waals surface area contributed by atoms with E-state index < -0.39 is 29.9 Å². The summed E-state index contributed by atoms with van der Waals surface area (Å²) in [6.07, 6.45) is -1.98. The van der Waals surface area contributed by atoms with Crippen LogP contribution in [0.1, 0.15) is 39.7 Å². The van der Waals surface area contributed by atoms with Crippen molar-refractivity contribution in [2.75, 3.05) is 27.9 Å². The summed E-state index contributed by atoms with van der Waals surface area (Å²) in [4.78, 5) is 27.7. The monoisotopic (exact) mass is 491 g/mol. The molecule has 2 amide bonds. The lowest BCUT2D eigenvalue weighted by Gasteiger charge is -2.46. The molecule has 0 aliphatic carbocycles. The molecule has 194 valence electrons. The number of hydrogen-bond donors (Lipinski definition) is 0. The third-order valence-corrected chi connectivity index (χ3v) is 6.95. The van der Waals surface area contributed by atoms with Crippen LogP contribution in [0.3, 0.4) is 0 Å². The Bertz CT molecular complexity index is 947. The number of carbonyl (C=O) groups excluding carboxylic acids is 2. The average Bonchev–Trinajstić information content (AvgIpc) is 3.23. The largest absolute Gasteiger partial charge is 0.493 e. The van der Waals surface area contributed by atoms with Gasteiger partial charge < -0.3 is 28.4 Å². The van der Waals surface area contributed by atoms with Crippen LogP contribution in [0.4, 0.5) is 4.79 Å². The molecule has 0 unspecified atom stereocenters. The van der Waals surface area contributed by atoms with Crippen LogP contribution < -0.4 is 9.47 Å². The molecule has 2 heterocycles. The van der Waals surface area contributed by atoms with E-state index >= 15 is 0 Å². The van der Waals surface area contributed by atoms with Crippen LogP contribution in [0, 0.1) is 11.8 Å². The topological polar surface area (TPSA) is 92.8 Å². The van der Waals surface area contributed by atoms with E-state index in [2.05, 4.69) is 6.58 Å². The zero-order chi connectivity index (χ0) is 25.9. The van der Waals surface area contributed by atoms with E-state index in [9.17, 15) is 9.59 Å². The minimum Gasteiger partial charge on any atom is -0.493 e. The lowest BCUT2D eigenvalue weighted by Crippen LogP contribution is -2.61. The van der Waals surface area contributed by atoms with Gasteiger partial charge in [0.25, 0.3) is 5.91 Å². The highest BCUT2D eigenvalue weighted by atomic mass is 16.7. The van der Waals surface area contributed by atoms with Crippen molar-refractivity contribution in [2.24, 2.45) is 11.8 Å². The summed E-state index contributed by atoms with van der Waals surface area (Å²) in [6, 6.07) is 4.93. The Morgan fingerprint density at radius 2 is 1.89 bits per heavy atom. The molecule has 0 radical (unpaired) electrons. The second-order valence-corrected chi connectivity index (χ2v) is 9.44. The van der Waals surface area contributed by atoms with Gasteiger partial charge in [-0.25, -0.2) is 9.69 Å². The van der Waals surface area contributed by atoms with Crippen molar-refractivity contribution in [1.82, 2.24) is 4.90 Å². The fourth-order valence-corrected chi connectivity index (χ4v) is 4.49. The maximum Gasteiger partial charge on any atom is 0.417 e. The van der Waals surface area contributed by atoms with Gasteiger partial charge in [0, 0.05) is 19.4 Å². The molecule has 2 saturated heterocycles. The van der Waals surface area contributed by atoms with Crippen molar-refractivity contribution in [2.45, 2.75) is 64.8 Å². The molecule has 2 fully saturated rings. The Morgan fingerprint density at radius 1 is 1.20 bits per heavy atom. The first-order chi connectivity index (χ1) is 16.6. The van der Waals surface area contributed by atoms with Gasteiger partial charge in [0.15, 0.2) is 17.6 Å². The number of cyclic esters (lactones) is 1. The van der Waals surface area contributed by atoms with Gasteiger partial charge in [0.1, 0.15) is 6.61 Å². The lowest BCUT2D eigenvalue weighted by molar-refractivity contribution is -0.307. The zero-order valence-electron chi connectivity index (χ0n) is 21.7. The van der Waals surface area contributed by atoms with E-state index in [1.165, 1.54) is 7.11 Å². The van der Waals surface area contributed by atoms with E-state index in [4.69, 9.17) is 28.4 Å². The minimum atomic E-state index is -1.46. The minimum absolute atomic E-state index is 0.00317. The highest BCUT2D eigenvalue weighted by molar-refractivity contribution is 5.96. The number of amides is 2. The zero-order valence-corrected chi connectivity index (χ0v) is 21.7. The van der Waals surface area contributed by atoms with Gasteiger partial charge in [-0.15, -0.1) is 0 Å². The predicted molar refractivity (Wildman–Crippen MR) is 128 cm³/mol. The van der Waals surface area contributed by atoms with Crippen LogP contribution in [-0.4, -0.2) is 68.9 Å². The second kappa shape index (κ2) is 11.0. The van der Waals surface area contributed by atoms with Gasteiger partial charge in [-0.3, -0.25) is 4.79 Å². The lowest BCUT2D eigenvalue weighted by atomic mass is 9.85. The number of imide groups is 1. The molecule has 35 heavy (non-hydrogen) atoms. The first-order valence-corrected chi connectivity index (χ1v) is 11.8. The fourth-order valence-electron chi connectivity index (χ4n) is 4.49. The number of ether oxygens (including phenoxy) is 6. The molecule has 9 heteroatoms. The number of nitrogens with zero attached hydrogens (tertiary/aromatic N) is 1. The Morgan fingerprint density at radius 3 is 2.46 bits per heavy atom.